The third kappa shape index (κ3) is 6.18. The number of anilines is 2. The molecule has 0 saturated heterocycles. The van der Waals surface area contributed by atoms with Gasteiger partial charge in [0.2, 0.25) is 5.91 Å². The molecule has 1 heterocycles. The van der Waals surface area contributed by atoms with Crippen molar-refractivity contribution in [2.24, 2.45) is 5.73 Å². The Morgan fingerprint density at radius 2 is 1.66 bits per heavy atom. The first-order chi connectivity index (χ1) is 14.0. The Balaban J connectivity index is 1.51. The summed E-state index contributed by atoms with van der Waals surface area (Å²) in [6, 6.07) is 17.2. The summed E-state index contributed by atoms with van der Waals surface area (Å²) in [5.74, 6) is -0.447. The van der Waals surface area contributed by atoms with E-state index in [0.29, 0.717) is 22.0 Å². The number of rotatable bonds is 8. The first-order valence-corrected chi connectivity index (χ1v) is 9.62. The van der Waals surface area contributed by atoms with E-state index >= 15 is 0 Å². The monoisotopic (exact) mass is 409 g/mol. The zero-order valence-electron chi connectivity index (χ0n) is 15.4. The molecule has 148 valence electrons. The van der Waals surface area contributed by atoms with Crippen molar-refractivity contribution in [1.29, 1.82) is 0 Å². The second-order valence-electron chi connectivity index (χ2n) is 6.14. The van der Waals surface area contributed by atoms with Gasteiger partial charge in [0.1, 0.15) is 5.75 Å². The van der Waals surface area contributed by atoms with Crippen LogP contribution in [0.4, 0.5) is 11.4 Å². The summed E-state index contributed by atoms with van der Waals surface area (Å²) in [5, 5.41) is 7.35. The smallest absolute Gasteiger partial charge is 0.265 e. The van der Waals surface area contributed by atoms with E-state index in [1.54, 1.807) is 54.6 Å². The van der Waals surface area contributed by atoms with E-state index in [1.807, 2.05) is 11.4 Å². The van der Waals surface area contributed by atoms with Crippen molar-refractivity contribution in [3.8, 4) is 5.75 Å². The fourth-order valence-corrected chi connectivity index (χ4v) is 3.14. The molecule has 0 bridgehead atoms. The number of carbonyl (C=O) groups is 3. The predicted octanol–water partition coefficient (Wildman–Crippen LogP) is 3.05. The molecule has 29 heavy (non-hydrogen) atoms. The second kappa shape index (κ2) is 9.52. The lowest BCUT2D eigenvalue weighted by Crippen LogP contribution is -2.20. The molecule has 3 amide bonds. The molecule has 0 radical (unpaired) electrons. The topological polar surface area (TPSA) is 111 Å². The number of benzene rings is 2. The first-order valence-electron chi connectivity index (χ1n) is 8.74. The maximum absolute atomic E-state index is 12.1. The van der Waals surface area contributed by atoms with Crippen LogP contribution in [0.2, 0.25) is 0 Å². The third-order valence-corrected chi connectivity index (χ3v) is 4.69. The minimum atomic E-state index is -0.410. The number of primary amides is 1. The first kappa shape index (κ1) is 20.1. The molecule has 1 aromatic heterocycles. The molecule has 7 nitrogen and oxygen atoms in total. The minimum absolute atomic E-state index is 0.153. The van der Waals surface area contributed by atoms with Gasteiger partial charge in [0.05, 0.1) is 11.3 Å². The van der Waals surface area contributed by atoms with E-state index in [9.17, 15) is 14.4 Å². The van der Waals surface area contributed by atoms with Gasteiger partial charge in [-0.2, -0.15) is 0 Å². The van der Waals surface area contributed by atoms with E-state index in [4.69, 9.17) is 10.5 Å². The molecule has 0 aliphatic carbocycles. The van der Waals surface area contributed by atoms with Gasteiger partial charge in [-0.25, -0.2) is 0 Å². The van der Waals surface area contributed by atoms with Gasteiger partial charge >= 0.3 is 0 Å². The highest BCUT2D eigenvalue weighted by Gasteiger charge is 2.09. The summed E-state index contributed by atoms with van der Waals surface area (Å²) in [4.78, 5) is 35.8. The van der Waals surface area contributed by atoms with Crippen LogP contribution in [0.5, 0.6) is 5.75 Å². The molecule has 3 aromatic rings. The number of amides is 3. The summed E-state index contributed by atoms with van der Waals surface area (Å²) in [6.45, 7) is -0.180. The van der Waals surface area contributed by atoms with Crippen LogP contribution in [0.1, 0.15) is 15.2 Å². The fourth-order valence-electron chi connectivity index (χ4n) is 2.53. The van der Waals surface area contributed by atoms with Crippen LogP contribution in [0.25, 0.3) is 0 Å². The van der Waals surface area contributed by atoms with Gasteiger partial charge in [-0.05, 0) is 47.3 Å². The van der Waals surface area contributed by atoms with E-state index in [1.165, 1.54) is 11.3 Å². The second-order valence-corrected chi connectivity index (χ2v) is 7.08. The molecule has 0 atom stereocenters. The number of hydrogen-bond donors (Lipinski definition) is 3. The van der Waals surface area contributed by atoms with Crippen molar-refractivity contribution in [3.05, 3.63) is 76.5 Å². The molecule has 8 heteroatoms. The van der Waals surface area contributed by atoms with E-state index in [-0.39, 0.29) is 24.8 Å². The number of carbonyl (C=O) groups excluding carboxylic acids is 3. The fraction of sp³-hybridized carbons (Fsp3) is 0.0952. The van der Waals surface area contributed by atoms with Gasteiger partial charge in [-0.15, -0.1) is 11.3 Å². The van der Waals surface area contributed by atoms with Crippen LogP contribution in [0, 0.1) is 0 Å². The number of nitrogens with one attached hydrogen (secondary N) is 2. The summed E-state index contributed by atoms with van der Waals surface area (Å²) < 4.78 is 5.45. The van der Waals surface area contributed by atoms with E-state index in [2.05, 4.69) is 10.6 Å². The molecule has 0 aliphatic heterocycles. The Kier molecular flexibility index (Phi) is 6.59. The Morgan fingerprint density at radius 1 is 0.931 bits per heavy atom. The molecule has 0 spiro atoms. The van der Waals surface area contributed by atoms with Crippen LogP contribution in [-0.4, -0.2) is 24.3 Å². The van der Waals surface area contributed by atoms with E-state index in [0.717, 1.165) is 5.56 Å². The molecular weight excluding hydrogens is 390 g/mol. The van der Waals surface area contributed by atoms with Crippen molar-refractivity contribution in [2.45, 2.75) is 6.42 Å². The van der Waals surface area contributed by atoms with Gasteiger partial charge in [0.15, 0.2) is 6.61 Å². The largest absolute Gasteiger partial charge is 0.484 e. The van der Waals surface area contributed by atoms with Gasteiger partial charge < -0.3 is 21.1 Å². The Morgan fingerprint density at radius 3 is 2.31 bits per heavy atom. The highest BCUT2D eigenvalue weighted by Crippen LogP contribution is 2.18. The molecular formula is C21H19N3O4S. The molecule has 2 aromatic carbocycles. The lowest BCUT2D eigenvalue weighted by molar-refractivity contribution is -0.118. The molecule has 4 N–H and O–H groups in total. The third-order valence-electron chi connectivity index (χ3n) is 3.82. The SMILES string of the molecule is NC(=O)Cc1ccc(OCC(=O)Nc2cccc(NC(=O)c3cccs3)c2)cc1. The van der Waals surface area contributed by atoms with Crippen molar-refractivity contribution in [2.75, 3.05) is 17.2 Å². The summed E-state index contributed by atoms with van der Waals surface area (Å²) >= 11 is 1.35. The summed E-state index contributed by atoms with van der Waals surface area (Å²) in [5.41, 5.74) is 7.04. The van der Waals surface area contributed by atoms with Crippen molar-refractivity contribution in [1.82, 2.24) is 0 Å². The average molecular weight is 409 g/mol. The lowest BCUT2D eigenvalue weighted by Gasteiger charge is -2.10. The average Bonchev–Trinajstić information content (AvgIpc) is 3.22. The normalized spacial score (nSPS) is 10.2. The lowest BCUT2D eigenvalue weighted by atomic mass is 10.1. The number of hydrogen-bond acceptors (Lipinski definition) is 5. The predicted molar refractivity (Wildman–Crippen MR) is 112 cm³/mol. The maximum atomic E-state index is 12.1. The molecule has 3 rings (SSSR count). The maximum Gasteiger partial charge on any atom is 0.265 e. The van der Waals surface area contributed by atoms with Crippen LogP contribution >= 0.6 is 11.3 Å². The Hall–Kier alpha value is -3.65. The standard InChI is InChI=1S/C21H19N3O4S/c22-19(25)11-14-6-8-17(9-7-14)28-13-20(26)23-15-3-1-4-16(12-15)24-21(27)18-5-2-10-29-18/h1-10,12H,11,13H2,(H2,22,25)(H,23,26)(H,24,27). The van der Waals surface area contributed by atoms with Crippen LogP contribution in [0.15, 0.2) is 66.0 Å². The minimum Gasteiger partial charge on any atom is -0.484 e. The summed E-state index contributed by atoms with van der Waals surface area (Å²) in [7, 11) is 0. The molecule has 0 fully saturated rings. The molecule has 0 unspecified atom stereocenters. The van der Waals surface area contributed by atoms with Gasteiger partial charge in [-0.1, -0.05) is 24.3 Å². The number of nitrogens with two attached hydrogens (primary N) is 1. The zero-order chi connectivity index (χ0) is 20.6. The van der Waals surface area contributed by atoms with Gasteiger partial charge in [-0.3, -0.25) is 14.4 Å². The molecule has 0 saturated carbocycles. The van der Waals surface area contributed by atoms with E-state index < -0.39 is 5.91 Å². The zero-order valence-corrected chi connectivity index (χ0v) is 16.2. The summed E-state index contributed by atoms with van der Waals surface area (Å²) in [6.07, 6.45) is 0.153. The highest BCUT2D eigenvalue weighted by atomic mass is 32.1. The number of thiophene rings is 1. The quantitative estimate of drug-likeness (QED) is 0.531. The Bertz CT molecular complexity index is 1000. The van der Waals surface area contributed by atoms with Gasteiger partial charge in [0.25, 0.3) is 11.8 Å². The van der Waals surface area contributed by atoms with Crippen LogP contribution < -0.4 is 21.1 Å². The molecule has 0 aliphatic rings. The van der Waals surface area contributed by atoms with Crippen molar-refractivity contribution < 1.29 is 19.1 Å². The van der Waals surface area contributed by atoms with Crippen molar-refractivity contribution >= 4 is 40.4 Å². The number of ether oxygens (including phenoxy) is 1. The highest BCUT2D eigenvalue weighted by molar-refractivity contribution is 7.12. The van der Waals surface area contributed by atoms with Crippen LogP contribution in [0.3, 0.4) is 0 Å². The van der Waals surface area contributed by atoms with Crippen LogP contribution in [-0.2, 0) is 16.0 Å². The van der Waals surface area contributed by atoms with Gasteiger partial charge in [0, 0.05) is 11.4 Å². The Labute approximate surface area is 171 Å². The van der Waals surface area contributed by atoms with Crippen molar-refractivity contribution in [3.63, 3.8) is 0 Å².